The van der Waals surface area contributed by atoms with E-state index in [0.29, 0.717) is 21.3 Å². The number of anilines is 1. The first-order valence-corrected chi connectivity index (χ1v) is 3.44. The Balaban J connectivity index is 3.34. The van der Waals surface area contributed by atoms with E-state index in [9.17, 15) is 0 Å². The molecule has 0 unspecified atom stereocenters. The van der Waals surface area contributed by atoms with Gasteiger partial charge in [0.05, 0.1) is 15.7 Å². The van der Waals surface area contributed by atoms with Gasteiger partial charge in [-0.25, -0.2) is 0 Å². The molecule has 0 atom stereocenters. The van der Waals surface area contributed by atoms with Gasteiger partial charge in [0.15, 0.2) is 0 Å². The summed E-state index contributed by atoms with van der Waals surface area (Å²) in [6.45, 7) is 3.65. The van der Waals surface area contributed by atoms with E-state index in [1.807, 2.05) is 0 Å². The van der Waals surface area contributed by atoms with Crippen molar-refractivity contribution in [2.45, 2.75) is 0 Å². The van der Waals surface area contributed by atoms with Crippen LogP contribution in [0.25, 0.3) is 0 Å². The summed E-state index contributed by atoms with van der Waals surface area (Å²) in [6.07, 6.45) is 0. The summed E-state index contributed by atoms with van der Waals surface area (Å²) >= 11 is 11.4. The van der Waals surface area contributed by atoms with Crippen LogP contribution >= 0.6 is 23.2 Å². The maximum Gasteiger partial charge on any atom is 0.0695 e. The minimum Gasteiger partial charge on any atom is -0.396 e. The van der Waals surface area contributed by atoms with Crippen LogP contribution in [0.1, 0.15) is 5.56 Å². The van der Waals surface area contributed by atoms with E-state index in [1.54, 1.807) is 12.1 Å². The lowest BCUT2D eigenvalue weighted by molar-refractivity contribution is 1.60. The first-order chi connectivity index (χ1) is 4.63. The number of hydrogen-bond acceptors (Lipinski definition) is 1. The first-order valence-electron chi connectivity index (χ1n) is 2.68. The lowest BCUT2D eigenvalue weighted by Crippen LogP contribution is -1.89. The summed E-state index contributed by atoms with van der Waals surface area (Å²) in [4.78, 5) is 0. The van der Waals surface area contributed by atoms with Crippen LogP contribution in [0.5, 0.6) is 0 Å². The molecule has 0 bridgehead atoms. The average molecular weight is 175 g/mol. The number of nitrogens with two attached hydrogens (primary N) is 1. The van der Waals surface area contributed by atoms with Gasteiger partial charge in [0.2, 0.25) is 0 Å². The van der Waals surface area contributed by atoms with E-state index < -0.39 is 0 Å². The third-order valence-electron chi connectivity index (χ3n) is 1.21. The molecule has 53 valence electrons. The van der Waals surface area contributed by atoms with Crippen molar-refractivity contribution in [3.63, 3.8) is 0 Å². The standard InChI is InChI=1S/C7H6Cl2N/c1-4-2-3-5(8)7(10)6(4)9/h2-3H,1,10H2. The number of hydrogen-bond donors (Lipinski definition) is 1. The predicted molar refractivity (Wildman–Crippen MR) is 45.3 cm³/mol. The van der Waals surface area contributed by atoms with Gasteiger partial charge in [0.25, 0.3) is 0 Å². The molecular formula is C7H6Cl2N. The molecule has 0 aliphatic heterocycles. The van der Waals surface area contributed by atoms with E-state index >= 15 is 0 Å². The Morgan fingerprint density at radius 1 is 1.30 bits per heavy atom. The maximum absolute atomic E-state index is 5.71. The predicted octanol–water partition coefficient (Wildman–Crippen LogP) is 2.76. The van der Waals surface area contributed by atoms with E-state index in [0.717, 1.165) is 0 Å². The first kappa shape index (κ1) is 7.70. The van der Waals surface area contributed by atoms with Crippen LogP contribution in [0.3, 0.4) is 0 Å². The maximum atomic E-state index is 5.71. The second-order valence-corrected chi connectivity index (χ2v) is 2.72. The molecule has 0 spiro atoms. The molecule has 1 aromatic carbocycles. The summed E-state index contributed by atoms with van der Waals surface area (Å²) in [5.74, 6) is 0. The minimum atomic E-state index is 0.399. The van der Waals surface area contributed by atoms with Crippen molar-refractivity contribution in [1.29, 1.82) is 0 Å². The lowest BCUT2D eigenvalue weighted by Gasteiger charge is -2.02. The molecule has 1 radical (unpaired) electrons. The highest BCUT2D eigenvalue weighted by Gasteiger charge is 2.02. The zero-order valence-corrected chi connectivity index (χ0v) is 6.71. The van der Waals surface area contributed by atoms with Crippen LogP contribution in [0.15, 0.2) is 12.1 Å². The Labute approximate surface area is 69.7 Å². The van der Waals surface area contributed by atoms with Crippen LogP contribution in [0.4, 0.5) is 5.69 Å². The van der Waals surface area contributed by atoms with Crippen LogP contribution < -0.4 is 5.73 Å². The van der Waals surface area contributed by atoms with Gasteiger partial charge in [-0.2, -0.15) is 0 Å². The Morgan fingerprint density at radius 2 is 1.90 bits per heavy atom. The number of benzene rings is 1. The summed E-state index contributed by atoms with van der Waals surface area (Å²) in [7, 11) is 0. The molecule has 0 aliphatic carbocycles. The Hall–Kier alpha value is -0.400. The van der Waals surface area contributed by atoms with Gasteiger partial charge in [-0.15, -0.1) is 0 Å². The molecule has 1 rings (SSSR count). The SMILES string of the molecule is [CH2]c1ccc(Cl)c(N)c1Cl. The van der Waals surface area contributed by atoms with Crippen molar-refractivity contribution in [2.75, 3.05) is 5.73 Å². The lowest BCUT2D eigenvalue weighted by atomic mass is 10.2. The van der Waals surface area contributed by atoms with Crippen LogP contribution in [0.2, 0.25) is 10.0 Å². The largest absolute Gasteiger partial charge is 0.396 e. The average Bonchev–Trinajstić information content (AvgIpc) is 1.93. The summed E-state index contributed by atoms with van der Waals surface area (Å²) < 4.78 is 0. The molecule has 0 fully saturated rings. The quantitative estimate of drug-likeness (QED) is 0.602. The van der Waals surface area contributed by atoms with Gasteiger partial charge >= 0.3 is 0 Å². The fourth-order valence-electron chi connectivity index (χ4n) is 0.615. The Morgan fingerprint density at radius 3 is 2.40 bits per heavy atom. The second-order valence-electron chi connectivity index (χ2n) is 1.93. The van der Waals surface area contributed by atoms with Gasteiger partial charge in [-0.05, 0) is 18.6 Å². The van der Waals surface area contributed by atoms with Gasteiger partial charge < -0.3 is 5.73 Å². The van der Waals surface area contributed by atoms with Gasteiger partial charge in [-0.3, -0.25) is 0 Å². The van der Waals surface area contributed by atoms with Gasteiger partial charge in [0.1, 0.15) is 0 Å². The highest BCUT2D eigenvalue weighted by molar-refractivity contribution is 6.39. The molecule has 0 heterocycles. The van der Waals surface area contributed by atoms with E-state index in [-0.39, 0.29) is 0 Å². The van der Waals surface area contributed by atoms with E-state index in [4.69, 9.17) is 28.9 Å². The molecule has 3 heteroatoms. The van der Waals surface area contributed by atoms with Crippen molar-refractivity contribution in [3.8, 4) is 0 Å². The molecule has 0 saturated carbocycles. The van der Waals surface area contributed by atoms with Crippen molar-refractivity contribution < 1.29 is 0 Å². The number of nitrogen functional groups attached to an aromatic ring is 1. The van der Waals surface area contributed by atoms with Crippen LogP contribution in [-0.4, -0.2) is 0 Å². The molecule has 0 aliphatic rings. The molecule has 10 heavy (non-hydrogen) atoms. The molecule has 0 amide bonds. The molecule has 0 saturated heterocycles. The normalized spacial score (nSPS) is 9.90. The third-order valence-corrected chi connectivity index (χ3v) is 1.98. The van der Waals surface area contributed by atoms with Gasteiger partial charge in [0, 0.05) is 0 Å². The van der Waals surface area contributed by atoms with Crippen LogP contribution in [-0.2, 0) is 0 Å². The molecule has 1 aromatic rings. The summed E-state index contributed by atoms with van der Waals surface area (Å²) in [6, 6.07) is 3.39. The smallest absolute Gasteiger partial charge is 0.0695 e. The highest BCUT2D eigenvalue weighted by atomic mass is 35.5. The monoisotopic (exact) mass is 174 g/mol. The van der Waals surface area contributed by atoms with E-state index in [2.05, 4.69) is 6.92 Å². The minimum absolute atomic E-state index is 0.399. The second kappa shape index (κ2) is 2.69. The van der Waals surface area contributed by atoms with Crippen molar-refractivity contribution in [1.82, 2.24) is 0 Å². The summed E-state index contributed by atoms with van der Waals surface area (Å²) in [5.41, 5.74) is 6.58. The molecular weight excluding hydrogens is 169 g/mol. The van der Waals surface area contributed by atoms with E-state index in [1.165, 1.54) is 0 Å². The van der Waals surface area contributed by atoms with Crippen molar-refractivity contribution in [3.05, 3.63) is 34.7 Å². The zero-order valence-electron chi connectivity index (χ0n) is 5.20. The Bertz CT molecular complexity index is 231. The van der Waals surface area contributed by atoms with Gasteiger partial charge in [-0.1, -0.05) is 29.3 Å². The molecule has 0 aromatic heterocycles. The van der Waals surface area contributed by atoms with Crippen LogP contribution in [0, 0.1) is 6.92 Å². The molecule has 2 N–H and O–H groups in total. The number of halogens is 2. The topological polar surface area (TPSA) is 26.0 Å². The highest BCUT2D eigenvalue weighted by Crippen LogP contribution is 2.29. The third kappa shape index (κ3) is 1.20. The summed E-state index contributed by atoms with van der Waals surface area (Å²) in [5, 5.41) is 0.907. The van der Waals surface area contributed by atoms with Crippen molar-refractivity contribution >= 4 is 28.9 Å². The molecule has 1 nitrogen and oxygen atoms in total. The Kier molecular flexibility index (Phi) is 2.07. The van der Waals surface area contributed by atoms with Crippen molar-refractivity contribution in [2.24, 2.45) is 0 Å². The number of rotatable bonds is 0. The zero-order chi connectivity index (χ0) is 7.72. The fourth-order valence-corrected chi connectivity index (χ4v) is 0.985. The fraction of sp³-hybridized carbons (Fsp3) is 0.